The Morgan fingerprint density at radius 1 is 0.405 bits per heavy atom. The highest BCUT2D eigenvalue weighted by molar-refractivity contribution is 6.14. The van der Waals surface area contributed by atoms with E-state index in [2.05, 4.69) is 86.8 Å². The monoisotopic (exact) mass is 943 g/mol. The van der Waals surface area contributed by atoms with E-state index in [1.54, 1.807) is 0 Å². The molecular formula is C65H37N9. The number of aryl methyl sites for hydroxylation is 2. The third kappa shape index (κ3) is 7.20. The minimum atomic E-state index is 0.366. The Labute approximate surface area is 426 Å². The van der Waals surface area contributed by atoms with Gasteiger partial charge in [0.2, 0.25) is 0 Å². The molecule has 0 radical (unpaired) electrons. The Hall–Kier alpha value is -10.9. The normalized spacial score (nSPS) is 11.0. The van der Waals surface area contributed by atoms with Crippen molar-refractivity contribution in [3.63, 3.8) is 0 Å². The molecule has 342 valence electrons. The van der Waals surface area contributed by atoms with E-state index in [-0.39, 0.29) is 0 Å². The Bertz CT molecular complexity index is 4080. The van der Waals surface area contributed by atoms with Crippen molar-refractivity contribution in [3.8, 4) is 91.5 Å². The molecule has 0 bridgehead atoms. The Balaban J connectivity index is 1.28. The van der Waals surface area contributed by atoms with Gasteiger partial charge in [-0.3, -0.25) is 0 Å². The highest BCUT2D eigenvalue weighted by Gasteiger charge is 2.27. The number of fused-ring (bicyclic) bond motifs is 6. The lowest BCUT2D eigenvalue weighted by molar-refractivity contribution is 1.04. The number of hydrogen-bond donors (Lipinski definition) is 0. The Morgan fingerprint density at radius 2 is 0.757 bits per heavy atom. The molecule has 0 unspecified atom stereocenters. The summed E-state index contributed by atoms with van der Waals surface area (Å²) in [4.78, 5) is 14.3. The van der Waals surface area contributed by atoms with Crippen LogP contribution in [0.3, 0.4) is 0 Å². The van der Waals surface area contributed by atoms with Crippen LogP contribution in [0.5, 0.6) is 0 Å². The lowest BCUT2D eigenvalue weighted by Gasteiger charge is -2.21. The summed E-state index contributed by atoms with van der Waals surface area (Å²) >= 11 is 0. The first-order valence-electron chi connectivity index (χ1n) is 23.8. The van der Waals surface area contributed by atoms with E-state index in [1.807, 2.05) is 153 Å². The van der Waals surface area contributed by atoms with Crippen LogP contribution in [0, 0.1) is 65.7 Å². The molecule has 0 aliphatic carbocycles. The standard InChI is InChI=1S/C65H37N9/c1-39-28-40(2)72-65(71-39)64-62(73-58-31-42(49-15-7-4-12-46(49)36-67)20-24-53(58)54-25-21-43(32-59(54)73)50-16-8-5-13-47(50)37-68)29-41(35-66)30-63(64)74-60-33-44(51-17-9-6-14-48(51)38-69)22-26-55(60)56-27-23-45(34-61(56)74)52-18-10-11-19-57(52)70-3/h4-34H,1-2H3. The highest BCUT2D eigenvalue weighted by Crippen LogP contribution is 2.45. The van der Waals surface area contributed by atoms with Crippen LogP contribution in [0.15, 0.2) is 188 Å². The van der Waals surface area contributed by atoms with Gasteiger partial charge in [0.25, 0.3) is 0 Å². The summed E-state index contributed by atoms with van der Waals surface area (Å²) < 4.78 is 4.34. The zero-order valence-corrected chi connectivity index (χ0v) is 39.9. The molecule has 9 heteroatoms. The van der Waals surface area contributed by atoms with E-state index in [9.17, 15) is 21.0 Å². The topological polar surface area (TPSA) is 135 Å². The predicted molar refractivity (Wildman–Crippen MR) is 292 cm³/mol. The van der Waals surface area contributed by atoms with Gasteiger partial charge in [0.1, 0.15) is 0 Å². The molecule has 0 aliphatic heterocycles. The molecule has 9 nitrogen and oxygen atoms in total. The van der Waals surface area contributed by atoms with E-state index < -0.39 is 0 Å². The number of nitrogens with zero attached hydrogens (tertiary/aromatic N) is 9. The van der Waals surface area contributed by atoms with Crippen LogP contribution in [0.2, 0.25) is 0 Å². The van der Waals surface area contributed by atoms with Crippen molar-refractivity contribution in [2.24, 2.45) is 0 Å². The fraction of sp³-hybridized carbons (Fsp3) is 0.0308. The van der Waals surface area contributed by atoms with Gasteiger partial charge in [0.15, 0.2) is 11.5 Å². The van der Waals surface area contributed by atoms with Crippen LogP contribution in [0.25, 0.3) is 116 Å². The molecule has 0 amide bonds. The maximum absolute atomic E-state index is 11.3. The number of hydrogen-bond acceptors (Lipinski definition) is 6. The number of aromatic nitrogens is 4. The second-order valence-corrected chi connectivity index (χ2v) is 18.2. The first-order chi connectivity index (χ1) is 36.3. The summed E-state index contributed by atoms with van der Waals surface area (Å²) in [5.74, 6) is 0.430. The third-order valence-corrected chi connectivity index (χ3v) is 13.9. The molecular weight excluding hydrogens is 907 g/mol. The zero-order valence-electron chi connectivity index (χ0n) is 39.9. The van der Waals surface area contributed by atoms with Crippen LogP contribution in [0.4, 0.5) is 5.69 Å². The predicted octanol–water partition coefficient (Wildman–Crippen LogP) is 15.7. The molecule has 0 saturated heterocycles. The highest BCUT2D eigenvalue weighted by atomic mass is 15.0. The van der Waals surface area contributed by atoms with E-state index in [0.29, 0.717) is 50.7 Å². The quantitative estimate of drug-likeness (QED) is 0.146. The van der Waals surface area contributed by atoms with Gasteiger partial charge in [-0.2, -0.15) is 21.0 Å². The van der Waals surface area contributed by atoms with Gasteiger partial charge in [0.05, 0.1) is 92.1 Å². The minimum Gasteiger partial charge on any atom is -0.308 e. The molecule has 3 heterocycles. The molecule has 3 aromatic heterocycles. The van der Waals surface area contributed by atoms with Gasteiger partial charge >= 0.3 is 0 Å². The van der Waals surface area contributed by atoms with E-state index in [4.69, 9.17) is 16.5 Å². The molecule has 0 aliphatic rings. The number of nitriles is 4. The Kier molecular flexibility index (Phi) is 10.7. The number of para-hydroxylation sites is 1. The summed E-state index contributed by atoms with van der Waals surface area (Å²) in [7, 11) is 0. The first-order valence-corrected chi connectivity index (χ1v) is 23.8. The molecule has 12 aromatic rings. The maximum Gasteiger partial charge on any atom is 0.194 e. The molecule has 12 rings (SSSR count). The number of benzene rings is 9. The largest absolute Gasteiger partial charge is 0.308 e. The van der Waals surface area contributed by atoms with Crippen LogP contribution in [0.1, 0.15) is 33.6 Å². The molecule has 0 atom stereocenters. The van der Waals surface area contributed by atoms with Crippen molar-refractivity contribution in [1.29, 1.82) is 21.0 Å². The lowest BCUT2D eigenvalue weighted by Crippen LogP contribution is -2.08. The zero-order chi connectivity index (χ0) is 50.6. The van der Waals surface area contributed by atoms with Gasteiger partial charge in [0, 0.05) is 32.9 Å². The summed E-state index contributed by atoms with van der Waals surface area (Å²) in [6.07, 6.45) is 0. The van der Waals surface area contributed by atoms with Crippen LogP contribution in [-0.4, -0.2) is 19.1 Å². The molecule has 0 spiro atoms. The molecule has 0 saturated carbocycles. The molecule has 0 fully saturated rings. The van der Waals surface area contributed by atoms with Gasteiger partial charge < -0.3 is 9.13 Å². The van der Waals surface area contributed by atoms with E-state index >= 15 is 0 Å². The Morgan fingerprint density at radius 3 is 1.12 bits per heavy atom. The van der Waals surface area contributed by atoms with Crippen LogP contribution < -0.4 is 0 Å². The van der Waals surface area contributed by atoms with Crippen molar-refractivity contribution in [3.05, 3.63) is 233 Å². The molecule has 9 aromatic carbocycles. The van der Waals surface area contributed by atoms with Crippen molar-refractivity contribution in [2.75, 3.05) is 0 Å². The SMILES string of the molecule is [C-]#[N+]c1ccccc1-c1ccc2c3ccc(-c4ccccc4C#N)cc3n(-c3cc(C#N)cc(-n4c5cc(-c6ccccc6C#N)ccc5c5ccc(-c6ccccc6C#N)cc54)c3-c3nc(C)cc(C)n3)c2c1. The minimum absolute atomic E-state index is 0.366. The summed E-state index contributed by atoms with van der Waals surface area (Å²) in [6.45, 7) is 12.0. The van der Waals surface area contributed by atoms with Gasteiger partial charge in [-0.1, -0.05) is 127 Å². The fourth-order valence-corrected chi connectivity index (χ4v) is 10.6. The van der Waals surface area contributed by atoms with Crippen molar-refractivity contribution < 1.29 is 0 Å². The fourth-order valence-electron chi connectivity index (χ4n) is 10.6. The van der Waals surface area contributed by atoms with Crippen LogP contribution in [-0.2, 0) is 0 Å². The summed E-state index contributed by atoms with van der Waals surface area (Å²) in [6, 6.07) is 70.5. The molecule has 0 N–H and O–H groups in total. The van der Waals surface area contributed by atoms with Gasteiger partial charge in [-0.25, -0.2) is 14.8 Å². The van der Waals surface area contributed by atoms with E-state index in [0.717, 1.165) is 99.5 Å². The van der Waals surface area contributed by atoms with Crippen molar-refractivity contribution in [1.82, 2.24) is 19.1 Å². The second-order valence-electron chi connectivity index (χ2n) is 18.2. The number of rotatable bonds is 7. The van der Waals surface area contributed by atoms with Gasteiger partial charge in [-0.05, 0) is 119 Å². The summed E-state index contributed by atoms with van der Waals surface area (Å²) in [5.41, 5.74) is 15.5. The van der Waals surface area contributed by atoms with Crippen molar-refractivity contribution >= 4 is 49.3 Å². The average molecular weight is 944 g/mol. The van der Waals surface area contributed by atoms with Crippen LogP contribution >= 0.6 is 0 Å². The third-order valence-electron chi connectivity index (χ3n) is 13.9. The van der Waals surface area contributed by atoms with Gasteiger partial charge in [-0.15, -0.1) is 0 Å². The van der Waals surface area contributed by atoms with E-state index in [1.165, 1.54) is 0 Å². The average Bonchev–Trinajstić information content (AvgIpc) is 3.96. The maximum atomic E-state index is 11.3. The van der Waals surface area contributed by atoms with Crippen molar-refractivity contribution in [2.45, 2.75) is 13.8 Å². The first kappa shape index (κ1) is 44.3. The summed E-state index contributed by atoms with van der Waals surface area (Å²) in [5, 5.41) is 45.9. The lowest BCUT2D eigenvalue weighted by atomic mass is 9.98. The smallest absolute Gasteiger partial charge is 0.194 e. The molecule has 74 heavy (non-hydrogen) atoms. The second kappa shape index (κ2) is 17.8.